The van der Waals surface area contributed by atoms with Crippen LogP contribution in [0.1, 0.15) is 25.2 Å². The molecule has 7 nitrogen and oxygen atoms in total. The van der Waals surface area contributed by atoms with Crippen LogP contribution in [0.5, 0.6) is 0 Å². The van der Waals surface area contributed by atoms with E-state index in [1.165, 1.54) is 0 Å². The van der Waals surface area contributed by atoms with Gasteiger partial charge in [-0.05, 0) is 18.6 Å². The van der Waals surface area contributed by atoms with Crippen molar-refractivity contribution >= 4 is 28.9 Å². The second-order valence-electron chi connectivity index (χ2n) is 5.28. The third-order valence-electron chi connectivity index (χ3n) is 3.61. The molecular weight excluding hydrogens is 300 g/mol. The largest absolute Gasteiger partial charge is 0.456 e. The van der Waals surface area contributed by atoms with Crippen LogP contribution in [-0.2, 0) is 25.5 Å². The number of para-hydroxylation sites is 2. The van der Waals surface area contributed by atoms with Gasteiger partial charge in [0.25, 0.3) is 5.91 Å². The van der Waals surface area contributed by atoms with Crippen molar-refractivity contribution < 1.29 is 23.5 Å². The Morgan fingerprint density at radius 1 is 1.30 bits per heavy atom. The fourth-order valence-corrected chi connectivity index (χ4v) is 2.44. The summed E-state index contributed by atoms with van der Waals surface area (Å²) in [6.07, 6.45) is 1.39. The van der Waals surface area contributed by atoms with Gasteiger partial charge in [0.05, 0.1) is 6.42 Å². The molecule has 1 aromatic carbocycles. The lowest BCUT2D eigenvalue weighted by Gasteiger charge is -2.13. The first-order chi connectivity index (χ1) is 11.1. The number of hydrogen-bond acceptors (Lipinski definition) is 6. The number of ether oxygens (including phenoxy) is 1. The van der Waals surface area contributed by atoms with Crippen LogP contribution >= 0.6 is 0 Å². The van der Waals surface area contributed by atoms with Gasteiger partial charge in [-0.3, -0.25) is 19.3 Å². The Balaban J connectivity index is 1.46. The average molecular weight is 316 g/mol. The van der Waals surface area contributed by atoms with E-state index >= 15 is 0 Å². The Morgan fingerprint density at radius 2 is 2.13 bits per heavy atom. The average Bonchev–Trinajstić information content (AvgIpc) is 3.16. The predicted molar refractivity (Wildman–Crippen MR) is 79.2 cm³/mol. The second-order valence-corrected chi connectivity index (χ2v) is 5.28. The summed E-state index contributed by atoms with van der Waals surface area (Å²) in [6, 6.07) is 7.33. The van der Waals surface area contributed by atoms with Crippen molar-refractivity contribution in [3.63, 3.8) is 0 Å². The van der Waals surface area contributed by atoms with Crippen molar-refractivity contribution in [1.29, 1.82) is 0 Å². The first kappa shape index (κ1) is 15.2. The van der Waals surface area contributed by atoms with E-state index in [4.69, 9.17) is 9.15 Å². The van der Waals surface area contributed by atoms with Gasteiger partial charge in [-0.1, -0.05) is 12.1 Å². The maximum atomic E-state index is 11.7. The molecule has 1 aliphatic rings. The minimum Gasteiger partial charge on any atom is -0.456 e. The number of amides is 2. The number of aromatic nitrogens is 1. The summed E-state index contributed by atoms with van der Waals surface area (Å²) in [5, 5.41) is 0. The molecule has 7 heteroatoms. The van der Waals surface area contributed by atoms with Crippen molar-refractivity contribution in [2.75, 3.05) is 13.2 Å². The van der Waals surface area contributed by atoms with Crippen LogP contribution in [0.3, 0.4) is 0 Å². The van der Waals surface area contributed by atoms with Gasteiger partial charge >= 0.3 is 5.97 Å². The van der Waals surface area contributed by atoms with Crippen LogP contribution in [0.2, 0.25) is 0 Å². The SMILES string of the molecule is O=C(CCc1nc2ccccc2o1)OCC(=O)N1CCCC1=O. The Kier molecular flexibility index (Phi) is 4.36. The summed E-state index contributed by atoms with van der Waals surface area (Å²) < 4.78 is 10.4. The number of hydrogen-bond donors (Lipinski definition) is 0. The molecule has 0 atom stereocenters. The molecule has 2 heterocycles. The van der Waals surface area contributed by atoms with E-state index in [0.717, 1.165) is 10.4 Å². The van der Waals surface area contributed by atoms with Crippen molar-refractivity contribution in [2.45, 2.75) is 25.7 Å². The predicted octanol–water partition coefficient (Wildman–Crippen LogP) is 1.45. The number of fused-ring (bicyclic) bond motifs is 1. The molecule has 0 spiro atoms. The van der Waals surface area contributed by atoms with Crippen LogP contribution in [0.25, 0.3) is 11.1 Å². The molecule has 2 amide bonds. The Bertz CT molecular complexity index is 719. The van der Waals surface area contributed by atoms with Crippen molar-refractivity contribution in [2.24, 2.45) is 0 Å². The van der Waals surface area contributed by atoms with Gasteiger partial charge in [-0.15, -0.1) is 0 Å². The normalized spacial score (nSPS) is 14.4. The van der Waals surface area contributed by atoms with E-state index in [1.54, 1.807) is 6.07 Å². The molecule has 1 saturated heterocycles. The number of benzene rings is 1. The number of carbonyl (C=O) groups excluding carboxylic acids is 3. The molecule has 1 fully saturated rings. The highest BCUT2D eigenvalue weighted by molar-refractivity contribution is 5.97. The summed E-state index contributed by atoms with van der Waals surface area (Å²) >= 11 is 0. The zero-order valence-corrected chi connectivity index (χ0v) is 12.5. The highest BCUT2D eigenvalue weighted by Crippen LogP contribution is 2.16. The molecule has 0 unspecified atom stereocenters. The van der Waals surface area contributed by atoms with Crippen LogP contribution < -0.4 is 0 Å². The smallest absolute Gasteiger partial charge is 0.306 e. The number of carbonyl (C=O) groups is 3. The highest BCUT2D eigenvalue weighted by atomic mass is 16.5. The number of aryl methyl sites for hydroxylation is 1. The van der Waals surface area contributed by atoms with Gasteiger partial charge < -0.3 is 9.15 Å². The van der Waals surface area contributed by atoms with Crippen LogP contribution in [0.4, 0.5) is 0 Å². The molecule has 0 N–H and O–H groups in total. The summed E-state index contributed by atoms with van der Waals surface area (Å²) in [4.78, 5) is 40.2. The zero-order chi connectivity index (χ0) is 16.2. The third-order valence-corrected chi connectivity index (χ3v) is 3.61. The molecule has 1 aliphatic heterocycles. The number of rotatable bonds is 5. The Labute approximate surface area is 132 Å². The standard InChI is InChI=1S/C16H16N2O5/c19-14-6-3-9-18(14)15(20)10-22-16(21)8-7-13-17-11-4-1-2-5-12(11)23-13/h1-2,4-5H,3,6-10H2. The van der Waals surface area contributed by atoms with Gasteiger partial charge in [0.15, 0.2) is 18.1 Å². The van der Waals surface area contributed by atoms with E-state index in [-0.39, 0.29) is 12.3 Å². The summed E-state index contributed by atoms with van der Waals surface area (Å²) in [5.74, 6) is -0.753. The number of nitrogens with zero attached hydrogens (tertiary/aromatic N) is 2. The van der Waals surface area contributed by atoms with Gasteiger partial charge in [-0.25, -0.2) is 4.98 Å². The van der Waals surface area contributed by atoms with Crippen LogP contribution in [0, 0.1) is 0 Å². The number of likely N-dealkylation sites (tertiary alicyclic amines) is 1. The molecular formula is C16H16N2O5. The van der Waals surface area contributed by atoms with Crippen molar-refractivity contribution in [3.05, 3.63) is 30.2 Å². The third kappa shape index (κ3) is 3.56. The van der Waals surface area contributed by atoms with E-state index in [2.05, 4.69) is 4.98 Å². The number of oxazole rings is 1. The lowest BCUT2D eigenvalue weighted by molar-refractivity contribution is -0.154. The van der Waals surface area contributed by atoms with Gasteiger partial charge in [0, 0.05) is 19.4 Å². The molecule has 1 aromatic heterocycles. The summed E-state index contributed by atoms with van der Waals surface area (Å²) in [7, 11) is 0. The maximum absolute atomic E-state index is 11.7. The lowest BCUT2D eigenvalue weighted by Crippen LogP contribution is -2.35. The first-order valence-electron chi connectivity index (χ1n) is 7.47. The minimum atomic E-state index is -0.521. The van der Waals surface area contributed by atoms with Gasteiger partial charge in [0.1, 0.15) is 5.52 Å². The zero-order valence-electron chi connectivity index (χ0n) is 12.5. The van der Waals surface area contributed by atoms with E-state index < -0.39 is 18.5 Å². The monoisotopic (exact) mass is 316 g/mol. The highest BCUT2D eigenvalue weighted by Gasteiger charge is 2.26. The molecule has 0 radical (unpaired) electrons. The van der Waals surface area contributed by atoms with E-state index in [9.17, 15) is 14.4 Å². The summed E-state index contributed by atoms with van der Waals surface area (Å²) in [5.41, 5.74) is 1.40. The molecule has 3 rings (SSSR count). The summed E-state index contributed by atoms with van der Waals surface area (Å²) in [6.45, 7) is -0.00372. The van der Waals surface area contributed by atoms with Crippen LogP contribution in [0.15, 0.2) is 28.7 Å². The molecule has 23 heavy (non-hydrogen) atoms. The molecule has 2 aromatic rings. The first-order valence-corrected chi connectivity index (χ1v) is 7.47. The molecule has 0 bridgehead atoms. The number of imide groups is 1. The molecule has 0 saturated carbocycles. The Morgan fingerprint density at radius 3 is 2.87 bits per heavy atom. The molecule has 0 aliphatic carbocycles. The topological polar surface area (TPSA) is 89.7 Å². The van der Waals surface area contributed by atoms with Crippen molar-refractivity contribution in [1.82, 2.24) is 9.88 Å². The Hall–Kier alpha value is -2.70. The van der Waals surface area contributed by atoms with Gasteiger partial charge in [-0.2, -0.15) is 0 Å². The fraction of sp³-hybridized carbons (Fsp3) is 0.375. The van der Waals surface area contributed by atoms with E-state index in [0.29, 0.717) is 37.3 Å². The minimum absolute atomic E-state index is 0.0635. The van der Waals surface area contributed by atoms with Gasteiger partial charge in [0.2, 0.25) is 5.91 Å². The van der Waals surface area contributed by atoms with E-state index in [1.807, 2.05) is 18.2 Å². The lowest BCUT2D eigenvalue weighted by atomic mass is 10.3. The van der Waals surface area contributed by atoms with Crippen molar-refractivity contribution in [3.8, 4) is 0 Å². The second kappa shape index (κ2) is 6.60. The number of esters is 1. The molecule has 120 valence electrons. The van der Waals surface area contributed by atoms with Crippen LogP contribution in [-0.4, -0.2) is 40.8 Å². The quantitative estimate of drug-likeness (QED) is 0.776. The fourth-order valence-electron chi connectivity index (χ4n) is 2.44. The maximum Gasteiger partial charge on any atom is 0.306 e.